The fourth-order valence-corrected chi connectivity index (χ4v) is 2.47. The molecule has 1 aromatic carbocycles. The number of aliphatic hydroxyl groups excluding tert-OH is 1. The third kappa shape index (κ3) is 10.7. The van der Waals surface area contributed by atoms with E-state index in [0.717, 1.165) is 18.4 Å². The average Bonchev–Trinajstić information content (AvgIpc) is 2.64. The maximum absolute atomic E-state index is 12.2. The standard InChI is InChI=1S/C19H29BN2O6/c21-9-1-2-10-28-16-7-3-5-14(11-16)12-18(24)22-17(20-27)8-4-6-15(23)13-19(25)26/h3-7,11,15,17,20,23,27H,1-2,8-10,12-13,21H2,(H,22,24)(H,25,26)/b6-4-/t15-,17+/m1/s1. The Morgan fingerprint density at radius 3 is 2.79 bits per heavy atom. The molecule has 6 N–H and O–H groups in total. The van der Waals surface area contributed by atoms with E-state index in [0.29, 0.717) is 18.9 Å². The van der Waals surface area contributed by atoms with Gasteiger partial charge in [-0.1, -0.05) is 24.3 Å². The first-order valence-corrected chi connectivity index (χ1v) is 9.33. The third-order valence-electron chi connectivity index (χ3n) is 3.88. The van der Waals surface area contributed by atoms with Crippen LogP contribution in [0.5, 0.6) is 5.75 Å². The van der Waals surface area contributed by atoms with Gasteiger partial charge in [0.25, 0.3) is 7.48 Å². The minimum absolute atomic E-state index is 0.141. The van der Waals surface area contributed by atoms with Crippen molar-refractivity contribution >= 4 is 19.4 Å². The molecule has 0 spiro atoms. The number of carbonyl (C=O) groups is 2. The van der Waals surface area contributed by atoms with E-state index in [4.69, 9.17) is 15.6 Å². The predicted molar refractivity (Wildman–Crippen MR) is 107 cm³/mol. The summed E-state index contributed by atoms with van der Waals surface area (Å²) in [6.07, 6.45) is 3.59. The Hall–Kier alpha value is -2.36. The van der Waals surface area contributed by atoms with E-state index < -0.39 is 24.4 Å². The molecular weight excluding hydrogens is 363 g/mol. The van der Waals surface area contributed by atoms with E-state index in [9.17, 15) is 19.7 Å². The Bertz CT molecular complexity index is 641. The molecule has 0 saturated carbocycles. The lowest BCUT2D eigenvalue weighted by molar-refractivity contribution is -0.138. The normalized spacial score (nSPS) is 13.1. The van der Waals surface area contributed by atoms with Crippen LogP contribution < -0.4 is 15.8 Å². The second-order valence-electron chi connectivity index (χ2n) is 6.44. The van der Waals surface area contributed by atoms with Gasteiger partial charge in [0, 0.05) is 5.94 Å². The molecule has 0 aliphatic heterocycles. The Balaban J connectivity index is 2.46. The van der Waals surface area contributed by atoms with Crippen molar-refractivity contribution in [3.05, 3.63) is 42.0 Å². The van der Waals surface area contributed by atoms with Gasteiger partial charge < -0.3 is 31.0 Å². The fourth-order valence-electron chi connectivity index (χ4n) is 2.47. The van der Waals surface area contributed by atoms with Crippen LogP contribution in [0.2, 0.25) is 0 Å². The Morgan fingerprint density at radius 2 is 2.11 bits per heavy atom. The van der Waals surface area contributed by atoms with Crippen LogP contribution in [0, 0.1) is 0 Å². The molecule has 1 rings (SSSR count). The topological polar surface area (TPSA) is 142 Å². The van der Waals surface area contributed by atoms with Crippen molar-refractivity contribution in [3.8, 4) is 5.75 Å². The zero-order valence-electron chi connectivity index (χ0n) is 15.9. The molecule has 8 nitrogen and oxygen atoms in total. The molecule has 0 saturated heterocycles. The number of hydrogen-bond donors (Lipinski definition) is 5. The zero-order chi connectivity index (χ0) is 20.8. The molecule has 1 aromatic rings. The van der Waals surface area contributed by atoms with Gasteiger partial charge in [-0.15, -0.1) is 0 Å². The highest BCUT2D eigenvalue weighted by molar-refractivity contribution is 6.28. The molecule has 2 atom stereocenters. The monoisotopic (exact) mass is 392 g/mol. The van der Waals surface area contributed by atoms with Crippen molar-refractivity contribution in [3.63, 3.8) is 0 Å². The van der Waals surface area contributed by atoms with Gasteiger partial charge in [0.05, 0.1) is 25.6 Å². The highest BCUT2D eigenvalue weighted by Gasteiger charge is 2.13. The smallest absolute Gasteiger partial charge is 0.306 e. The number of nitrogens with one attached hydrogen (secondary N) is 1. The number of benzene rings is 1. The molecule has 9 heteroatoms. The summed E-state index contributed by atoms with van der Waals surface area (Å²) in [6, 6.07) is 7.27. The van der Waals surface area contributed by atoms with Crippen LogP contribution >= 0.6 is 0 Å². The van der Waals surface area contributed by atoms with Crippen molar-refractivity contribution in [2.24, 2.45) is 5.73 Å². The maximum atomic E-state index is 12.2. The van der Waals surface area contributed by atoms with Crippen molar-refractivity contribution in [1.29, 1.82) is 0 Å². The summed E-state index contributed by atoms with van der Waals surface area (Å²) in [5, 5.41) is 30.2. The largest absolute Gasteiger partial charge is 0.494 e. The molecule has 0 aromatic heterocycles. The summed E-state index contributed by atoms with van der Waals surface area (Å²) in [7, 11) is -0.268. The van der Waals surface area contributed by atoms with E-state index >= 15 is 0 Å². The van der Waals surface area contributed by atoms with Crippen molar-refractivity contribution in [2.75, 3.05) is 13.2 Å². The minimum Gasteiger partial charge on any atom is -0.494 e. The first-order chi connectivity index (χ1) is 13.4. The molecule has 0 fully saturated rings. The van der Waals surface area contributed by atoms with Crippen LogP contribution in [0.4, 0.5) is 0 Å². The molecule has 0 bridgehead atoms. The van der Waals surface area contributed by atoms with Gasteiger partial charge in [-0.05, 0) is 43.5 Å². The Labute approximate surface area is 165 Å². The number of nitrogens with two attached hydrogens (primary N) is 1. The first-order valence-electron chi connectivity index (χ1n) is 9.33. The average molecular weight is 392 g/mol. The van der Waals surface area contributed by atoms with Gasteiger partial charge >= 0.3 is 5.97 Å². The number of aliphatic carboxylic acids is 1. The summed E-state index contributed by atoms with van der Waals surface area (Å²) >= 11 is 0. The molecule has 0 unspecified atom stereocenters. The van der Waals surface area contributed by atoms with E-state index in [2.05, 4.69) is 5.32 Å². The molecule has 0 heterocycles. The lowest BCUT2D eigenvalue weighted by Gasteiger charge is -2.14. The van der Waals surface area contributed by atoms with Gasteiger partial charge in [-0.3, -0.25) is 9.59 Å². The summed E-state index contributed by atoms with van der Waals surface area (Å²) in [5.41, 5.74) is 6.23. The lowest BCUT2D eigenvalue weighted by Crippen LogP contribution is -2.39. The third-order valence-corrected chi connectivity index (χ3v) is 3.88. The van der Waals surface area contributed by atoms with Crippen molar-refractivity contribution in [2.45, 2.75) is 44.1 Å². The number of carbonyl (C=O) groups excluding carboxylic acids is 1. The summed E-state index contributed by atoms with van der Waals surface area (Å²) in [6.45, 7) is 1.20. The van der Waals surface area contributed by atoms with Gasteiger partial charge in [-0.25, -0.2) is 0 Å². The highest BCUT2D eigenvalue weighted by atomic mass is 16.5. The first kappa shape index (κ1) is 23.7. The number of ether oxygens (including phenoxy) is 1. The number of rotatable bonds is 14. The molecule has 0 aliphatic rings. The Morgan fingerprint density at radius 1 is 1.32 bits per heavy atom. The fraction of sp³-hybridized carbons (Fsp3) is 0.474. The summed E-state index contributed by atoms with van der Waals surface area (Å²) in [4.78, 5) is 22.7. The molecule has 0 aliphatic carbocycles. The number of aliphatic hydroxyl groups is 1. The predicted octanol–water partition coefficient (Wildman–Crippen LogP) is -0.0852. The second kappa shape index (κ2) is 13.8. The second-order valence-corrected chi connectivity index (χ2v) is 6.44. The van der Waals surface area contributed by atoms with Crippen LogP contribution in [-0.2, 0) is 16.0 Å². The number of carboxylic acids is 1. The lowest BCUT2D eigenvalue weighted by atomic mass is 9.85. The maximum Gasteiger partial charge on any atom is 0.306 e. The highest BCUT2D eigenvalue weighted by Crippen LogP contribution is 2.14. The van der Waals surface area contributed by atoms with E-state index in [1.165, 1.54) is 6.08 Å². The van der Waals surface area contributed by atoms with Gasteiger partial charge in [0.2, 0.25) is 5.91 Å². The molecule has 154 valence electrons. The molecule has 0 radical (unpaired) electrons. The number of unbranched alkanes of at least 4 members (excludes halogenated alkanes) is 1. The number of hydrogen-bond acceptors (Lipinski definition) is 6. The minimum atomic E-state index is -1.10. The van der Waals surface area contributed by atoms with Gasteiger partial charge in [0.1, 0.15) is 5.75 Å². The van der Waals surface area contributed by atoms with E-state index in [-0.39, 0.29) is 26.2 Å². The van der Waals surface area contributed by atoms with Gasteiger partial charge in [0.15, 0.2) is 0 Å². The van der Waals surface area contributed by atoms with Crippen LogP contribution in [0.15, 0.2) is 36.4 Å². The molecular formula is C19H29BN2O6. The van der Waals surface area contributed by atoms with Crippen LogP contribution in [0.25, 0.3) is 0 Å². The van der Waals surface area contributed by atoms with Gasteiger partial charge in [-0.2, -0.15) is 0 Å². The Kier molecular flexibility index (Phi) is 11.6. The summed E-state index contributed by atoms with van der Waals surface area (Å²) < 4.78 is 5.63. The van der Waals surface area contributed by atoms with Crippen LogP contribution in [0.3, 0.4) is 0 Å². The van der Waals surface area contributed by atoms with Crippen molar-refractivity contribution < 1.29 is 29.6 Å². The van der Waals surface area contributed by atoms with E-state index in [1.54, 1.807) is 12.1 Å². The van der Waals surface area contributed by atoms with E-state index in [1.807, 2.05) is 18.2 Å². The SMILES string of the molecule is NCCCCOc1cccc(CC(=O)N[C@H](BO)C/C=C\[C@@H](O)CC(=O)O)c1. The van der Waals surface area contributed by atoms with Crippen molar-refractivity contribution in [1.82, 2.24) is 5.32 Å². The zero-order valence-corrected chi connectivity index (χ0v) is 15.9. The molecule has 1 amide bonds. The van der Waals surface area contributed by atoms with Crippen LogP contribution in [0.1, 0.15) is 31.2 Å². The van der Waals surface area contributed by atoms with Crippen LogP contribution in [-0.4, -0.2) is 59.8 Å². The summed E-state index contributed by atoms with van der Waals surface area (Å²) in [5.74, 6) is -1.18. The number of carboxylic acid groups (broad SMARTS) is 1. The quantitative estimate of drug-likeness (QED) is 0.169. The molecule has 28 heavy (non-hydrogen) atoms. The number of amides is 1.